The standard InChI is InChI=1S/C14H21F2NO/c1-11(2)4-3-7-17-8-9-18-14-10-12(15)5-6-13(14)16/h5-6,10-11,17H,3-4,7-9H2,1-2H3. The van der Waals surface area contributed by atoms with Crippen LogP contribution in [0.3, 0.4) is 0 Å². The maximum atomic E-state index is 13.2. The molecule has 0 radical (unpaired) electrons. The van der Waals surface area contributed by atoms with Gasteiger partial charge in [-0.05, 0) is 37.4 Å². The number of hydrogen-bond acceptors (Lipinski definition) is 2. The molecule has 0 saturated heterocycles. The molecule has 2 nitrogen and oxygen atoms in total. The van der Waals surface area contributed by atoms with E-state index in [0.717, 1.165) is 31.2 Å². The maximum absolute atomic E-state index is 13.2. The first-order valence-electron chi connectivity index (χ1n) is 6.38. The van der Waals surface area contributed by atoms with Crippen molar-refractivity contribution in [2.24, 2.45) is 5.92 Å². The molecule has 0 bridgehead atoms. The normalized spacial score (nSPS) is 10.9. The lowest BCUT2D eigenvalue weighted by Crippen LogP contribution is -2.22. The second-order valence-corrected chi connectivity index (χ2v) is 4.71. The van der Waals surface area contributed by atoms with E-state index in [0.29, 0.717) is 19.1 Å². The van der Waals surface area contributed by atoms with Gasteiger partial charge >= 0.3 is 0 Å². The Bertz CT molecular complexity index is 356. The van der Waals surface area contributed by atoms with Crippen LogP contribution in [0.15, 0.2) is 18.2 Å². The third-order valence-corrected chi connectivity index (χ3v) is 2.56. The molecule has 0 unspecified atom stereocenters. The van der Waals surface area contributed by atoms with Crippen LogP contribution in [-0.2, 0) is 0 Å². The fourth-order valence-electron chi connectivity index (χ4n) is 1.58. The topological polar surface area (TPSA) is 21.3 Å². The van der Waals surface area contributed by atoms with E-state index in [-0.39, 0.29) is 5.75 Å². The Balaban J connectivity index is 2.12. The van der Waals surface area contributed by atoms with Crippen molar-refractivity contribution in [3.8, 4) is 5.75 Å². The zero-order chi connectivity index (χ0) is 13.4. The predicted octanol–water partition coefficient (Wildman–Crippen LogP) is 3.37. The van der Waals surface area contributed by atoms with Crippen molar-refractivity contribution in [1.29, 1.82) is 0 Å². The smallest absolute Gasteiger partial charge is 0.165 e. The highest BCUT2D eigenvalue weighted by molar-refractivity contribution is 5.24. The molecular weight excluding hydrogens is 236 g/mol. The van der Waals surface area contributed by atoms with Crippen LogP contribution < -0.4 is 10.1 Å². The summed E-state index contributed by atoms with van der Waals surface area (Å²) in [7, 11) is 0. The summed E-state index contributed by atoms with van der Waals surface area (Å²) in [6.07, 6.45) is 2.30. The highest BCUT2D eigenvalue weighted by Gasteiger charge is 2.04. The second-order valence-electron chi connectivity index (χ2n) is 4.71. The Morgan fingerprint density at radius 1 is 1.22 bits per heavy atom. The monoisotopic (exact) mass is 257 g/mol. The Labute approximate surface area is 107 Å². The molecule has 4 heteroatoms. The van der Waals surface area contributed by atoms with Crippen LogP contribution in [0.4, 0.5) is 8.78 Å². The molecule has 0 amide bonds. The lowest BCUT2D eigenvalue weighted by atomic mass is 10.1. The zero-order valence-electron chi connectivity index (χ0n) is 11.0. The average molecular weight is 257 g/mol. The van der Waals surface area contributed by atoms with E-state index in [1.165, 1.54) is 6.42 Å². The molecule has 0 aliphatic carbocycles. The van der Waals surface area contributed by atoms with Gasteiger partial charge in [0.2, 0.25) is 0 Å². The van der Waals surface area contributed by atoms with Gasteiger partial charge in [0.05, 0.1) is 0 Å². The van der Waals surface area contributed by atoms with Gasteiger partial charge in [-0.2, -0.15) is 0 Å². The van der Waals surface area contributed by atoms with Crippen LogP contribution in [0.25, 0.3) is 0 Å². The predicted molar refractivity (Wildman–Crippen MR) is 68.8 cm³/mol. The molecule has 0 atom stereocenters. The summed E-state index contributed by atoms with van der Waals surface area (Å²) in [5.41, 5.74) is 0. The Kier molecular flexibility index (Phi) is 6.65. The third kappa shape index (κ3) is 5.96. The van der Waals surface area contributed by atoms with Crippen LogP contribution in [0, 0.1) is 17.6 Å². The second kappa shape index (κ2) is 8.03. The zero-order valence-corrected chi connectivity index (χ0v) is 11.0. The van der Waals surface area contributed by atoms with Crippen molar-refractivity contribution < 1.29 is 13.5 Å². The molecule has 0 heterocycles. The number of nitrogens with one attached hydrogen (secondary N) is 1. The minimum absolute atomic E-state index is 0.0287. The first-order chi connectivity index (χ1) is 8.59. The molecule has 1 N–H and O–H groups in total. The molecule has 1 aromatic carbocycles. The lowest BCUT2D eigenvalue weighted by molar-refractivity contribution is 0.296. The molecule has 0 saturated carbocycles. The van der Waals surface area contributed by atoms with Gasteiger partial charge in [-0.1, -0.05) is 13.8 Å². The van der Waals surface area contributed by atoms with Gasteiger partial charge in [-0.25, -0.2) is 8.78 Å². The van der Waals surface area contributed by atoms with E-state index in [9.17, 15) is 8.78 Å². The van der Waals surface area contributed by atoms with E-state index < -0.39 is 11.6 Å². The molecule has 0 aliphatic rings. The van der Waals surface area contributed by atoms with Crippen molar-refractivity contribution in [3.63, 3.8) is 0 Å². The Morgan fingerprint density at radius 2 is 2.00 bits per heavy atom. The van der Waals surface area contributed by atoms with Crippen LogP contribution in [-0.4, -0.2) is 19.7 Å². The van der Waals surface area contributed by atoms with Crippen molar-refractivity contribution >= 4 is 0 Å². The number of halogens is 2. The Hall–Kier alpha value is -1.16. The highest BCUT2D eigenvalue weighted by atomic mass is 19.1. The number of rotatable bonds is 8. The summed E-state index contributed by atoms with van der Waals surface area (Å²) in [5.74, 6) is -0.337. The molecule has 1 aromatic rings. The summed E-state index contributed by atoms with van der Waals surface area (Å²) in [5, 5.41) is 3.20. The summed E-state index contributed by atoms with van der Waals surface area (Å²) in [4.78, 5) is 0. The van der Waals surface area contributed by atoms with Crippen molar-refractivity contribution in [3.05, 3.63) is 29.8 Å². The first kappa shape index (κ1) is 14.9. The van der Waals surface area contributed by atoms with Gasteiger partial charge < -0.3 is 10.1 Å². The van der Waals surface area contributed by atoms with Gasteiger partial charge in [0.15, 0.2) is 11.6 Å². The molecular formula is C14H21F2NO. The Morgan fingerprint density at radius 3 is 2.72 bits per heavy atom. The molecule has 102 valence electrons. The van der Waals surface area contributed by atoms with E-state index >= 15 is 0 Å². The van der Waals surface area contributed by atoms with Gasteiger partial charge in [-0.15, -0.1) is 0 Å². The fraction of sp³-hybridized carbons (Fsp3) is 0.571. The van der Waals surface area contributed by atoms with Crippen LogP contribution in [0.5, 0.6) is 5.75 Å². The van der Waals surface area contributed by atoms with E-state index in [1.54, 1.807) is 0 Å². The minimum atomic E-state index is -0.531. The molecule has 0 fully saturated rings. The summed E-state index contributed by atoms with van der Waals surface area (Å²) >= 11 is 0. The van der Waals surface area contributed by atoms with Crippen molar-refractivity contribution in [2.75, 3.05) is 19.7 Å². The summed E-state index contributed by atoms with van der Waals surface area (Å²) < 4.78 is 31.2. The van der Waals surface area contributed by atoms with E-state index in [1.807, 2.05) is 0 Å². The van der Waals surface area contributed by atoms with E-state index in [2.05, 4.69) is 19.2 Å². The molecule has 0 aromatic heterocycles. The van der Waals surface area contributed by atoms with Gasteiger partial charge in [0.1, 0.15) is 12.4 Å². The molecule has 18 heavy (non-hydrogen) atoms. The minimum Gasteiger partial charge on any atom is -0.489 e. The average Bonchev–Trinajstić information content (AvgIpc) is 2.32. The van der Waals surface area contributed by atoms with Gasteiger partial charge in [0.25, 0.3) is 0 Å². The van der Waals surface area contributed by atoms with Crippen molar-refractivity contribution in [1.82, 2.24) is 5.32 Å². The first-order valence-corrected chi connectivity index (χ1v) is 6.38. The SMILES string of the molecule is CC(C)CCCNCCOc1cc(F)ccc1F. The van der Waals surface area contributed by atoms with Crippen LogP contribution in [0.2, 0.25) is 0 Å². The molecule has 0 aliphatic heterocycles. The number of hydrogen-bond donors (Lipinski definition) is 1. The summed E-state index contributed by atoms with van der Waals surface area (Å²) in [6, 6.07) is 3.21. The fourth-order valence-corrected chi connectivity index (χ4v) is 1.58. The lowest BCUT2D eigenvalue weighted by Gasteiger charge is -2.09. The van der Waals surface area contributed by atoms with Crippen LogP contribution >= 0.6 is 0 Å². The maximum Gasteiger partial charge on any atom is 0.165 e. The third-order valence-electron chi connectivity index (χ3n) is 2.56. The van der Waals surface area contributed by atoms with Crippen molar-refractivity contribution in [2.45, 2.75) is 26.7 Å². The van der Waals surface area contributed by atoms with E-state index in [4.69, 9.17) is 4.74 Å². The molecule has 1 rings (SSSR count). The number of ether oxygens (including phenoxy) is 1. The van der Waals surface area contributed by atoms with Gasteiger partial charge in [0, 0.05) is 12.6 Å². The summed E-state index contributed by atoms with van der Waals surface area (Å²) in [6.45, 7) is 6.27. The van der Waals surface area contributed by atoms with Gasteiger partial charge in [-0.3, -0.25) is 0 Å². The molecule has 0 spiro atoms. The largest absolute Gasteiger partial charge is 0.489 e. The quantitative estimate of drug-likeness (QED) is 0.721. The highest BCUT2D eigenvalue weighted by Crippen LogP contribution is 2.17. The number of benzene rings is 1. The van der Waals surface area contributed by atoms with Crippen LogP contribution in [0.1, 0.15) is 26.7 Å².